The Morgan fingerprint density at radius 2 is 2.14 bits per heavy atom. The van der Waals surface area contributed by atoms with E-state index in [2.05, 4.69) is 24.7 Å². The summed E-state index contributed by atoms with van der Waals surface area (Å²) in [6.07, 6.45) is 2.98. The van der Waals surface area contributed by atoms with Crippen LogP contribution >= 0.6 is 0 Å². The molecule has 21 heavy (non-hydrogen) atoms. The van der Waals surface area contributed by atoms with Crippen molar-refractivity contribution < 1.29 is 13.5 Å². The van der Waals surface area contributed by atoms with Crippen molar-refractivity contribution in [2.75, 3.05) is 30.8 Å². The fraction of sp³-hybridized carbons (Fsp3) is 0.786. The van der Waals surface area contributed by atoms with Crippen molar-refractivity contribution in [3.8, 4) is 0 Å². The number of halogens is 2. The van der Waals surface area contributed by atoms with Crippen LogP contribution in [-0.4, -0.2) is 49.7 Å². The molecule has 0 amide bonds. The van der Waals surface area contributed by atoms with Crippen molar-refractivity contribution in [2.24, 2.45) is 0 Å². The van der Waals surface area contributed by atoms with E-state index in [1.54, 1.807) is 21.8 Å². The van der Waals surface area contributed by atoms with E-state index >= 15 is 0 Å². The van der Waals surface area contributed by atoms with Gasteiger partial charge < -0.3 is 9.64 Å². The second kappa shape index (κ2) is 6.44. The van der Waals surface area contributed by atoms with Crippen LogP contribution in [0.25, 0.3) is 0 Å². The molecule has 0 unspecified atom stereocenters. The summed E-state index contributed by atoms with van der Waals surface area (Å²) in [6, 6.07) is 1.81. The number of rotatable bonds is 6. The first-order valence-electron chi connectivity index (χ1n) is 7.49. The smallest absolute Gasteiger partial charge is 0.265 e. The number of aromatic nitrogens is 2. The second-order valence-electron chi connectivity index (χ2n) is 6.91. The number of anilines is 1. The Hall–Kier alpha value is -0.953. The third kappa shape index (κ3) is 5.07. The average molecular weight is 317 g/mol. The van der Waals surface area contributed by atoms with E-state index in [1.807, 2.05) is 0 Å². The monoisotopic (exact) mass is 317 g/mol. The summed E-state index contributed by atoms with van der Waals surface area (Å²) in [5.41, 5.74) is 0. The van der Waals surface area contributed by atoms with Gasteiger partial charge in [-0.3, -0.25) is 0 Å². The first-order chi connectivity index (χ1) is 9.77. The normalized spacial score (nSPS) is 19.0. The highest BCUT2D eigenvalue weighted by Crippen LogP contribution is 2.29. The molecule has 0 aromatic carbocycles. The highest BCUT2D eigenvalue weighted by molar-refractivity contribution is 6.76. The quantitative estimate of drug-likeness (QED) is 0.597. The van der Waals surface area contributed by atoms with Gasteiger partial charge in [-0.05, 0) is 6.42 Å². The Labute approximate surface area is 126 Å². The zero-order valence-electron chi connectivity index (χ0n) is 13.1. The van der Waals surface area contributed by atoms with Gasteiger partial charge in [0.15, 0.2) is 0 Å². The van der Waals surface area contributed by atoms with Crippen molar-refractivity contribution >= 4 is 13.9 Å². The molecule has 120 valence electrons. The number of alkyl halides is 2. The van der Waals surface area contributed by atoms with Gasteiger partial charge in [0.2, 0.25) is 0 Å². The number of hydrogen-bond donors (Lipinski definition) is 0. The van der Waals surface area contributed by atoms with Gasteiger partial charge in [-0.2, -0.15) is 5.10 Å². The molecule has 0 spiro atoms. The van der Waals surface area contributed by atoms with Crippen molar-refractivity contribution in [3.05, 3.63) is 12.3 Å². The zero-order valence-corrected chi connectivity index (χ0v) is 14.1. The lowest BCUT2D eigenvalue weighted by Gasteiger charge is -2.34. The maximum atomic E-state index is 13.5. The van der Waals surface area contributed by atoms with Crippen molar-refractivity contribution in [2.45, 2.75) is 44.9 Å². The van der Waals surface area contributed by atoms with Gasteiger partial charge in [-0.1, -0.05) is 19.6 Å². The zero-order chi connectivity index (χ0) is 15.5. The van der Waals surface area contributed by atoms with Crippen LogP contribution in [0.2, 0.25) is 19.6 Å². The molecule has 0 bridgehead atoms. The molecule has 1 fully saturated rings. The largest absolute Gasteiger partial charge is 0.383 e. The fourth-order valence-corrected chi connectivity index (χ4v) is 3.21. The Balaban J connectivity index is 1.89. The number of nitrogens with zero attached hydrogens (tertiary/aromatic N) is 3. The second-order valence-corrected chi connectivity index (χ2v) is 12.3. The van der Waals surface area contributed by atoms with Gasteiger partial charge in [0.05, 0.1) is 34.0 Å². The lowest BCUT2D eigenvalue weighted by Crippen LogP contribution is -2.43. The van der Waals surface area contributed by atoms with Gasteiger partial charge in [0.1, 0.15) is 5.82 Å². The van der Waals surface area contributed by atoms with Crippen LogP contribution in [0.5, 0.6) is 0 Å². The summed E-state index contributed by atoms with van der Waals surface area (Å²) in [5.74, 6) is -1.83. The molecule has 0 N–H and O–H groups in total. The molecule has 7 heteroatoms. The Morgan fingerprint density at radius 1 is 1.38 bits per heavy atom. The fourth-order valence-electron chi connectivity index (χ4n) is 2.46. The van der Waals surface area contributed by atoms with Gasteiger partial charge in [0.25, 0.3) is 5.92 Å². The molecule has 1 aromatic rings. The molecular formula is C14H25F2N3OSi. The Bertz CT molecular complexity index is 459. The average Bonchev–Trinajstić information content (AvgIpc) is 2.80. The minimum atomic E-state index is -2.60. The van der Waals surface area contributed by atoms with E-state index in [-0.39, 0.29) is 13.0 Å². The Kier molecular flexibility index (Phi) is 5.03. The molecule has 0 aliphatic carbocycles. The van der Waals surface area contributed by atoms with Crippen LogP contribution in [0.1, 0.15) is 12.8 Å². The maximum absolute atomic E-state index is 13.5. The SMILES string of the molecule is C[Si](C)(C)COCCn1nccc1N1CCCC(F)(F)C1. The van der Waals surface area contributed by atoms with E-state index in [0.29, 0.717) is 26.1 Å². The molecule has 2 heterocycles. The number of ether oxygens (including phenoxy) is 1. The third-order valence-electron chi connectivity index (χ3n) is 3.39. The van der Waals surface area contributed by atoms with E-state index in [4.69, 9.17) is 4.74 Å². The van der Waals surface area contributed by atoms with Gasteiger partial charge in [0, 0.05) is 25.3 Å². The molecule has 0 atom stereocenters. The predicted octanol–water partition coefficient (Wildman–Crippen LogP) is 3.01. The number of piperidine rings is 1. The highest BCUT2D eigenvalue weighted by Gasteiger charge is 2.36. The summed E-state index contributed by atoms with van der Waals surface area (Å²) >= 11 is 0. The topological polar surface area (TPSA) is 30.3 Å². The van der Waals surface area contributed by atoms with Crippen LogP contribution in [-0.2, 0) is 11.3 Å². The summed E-state index contributed by atoms with van der Waals surface area (Å²) < 4.78 is 34.5. The van der Waals surface area contributed by atoms with Gasteiger partial charge in [-0.25, -0.2) is 13.5 Å². The summed E-state index contributed by atoms with van der Waals surface area (Å²) in [4.78, 5) is 1.73. The molecule has 0 saturated carbocycles. The van der Waals surface area contributed by atoms with E-state index in [1.165, 1.54) is 0 Å². The van der Waals surface area contributed by atoms with Crippen molar-refractivity contribution in [1.29, 1.82) is 0 Å². The van der Waals surface area contributed by atoms with Crippen LogP contribution in [0, 0.1) is 0 Å². The maximum Gasteiger partial charge on any atom is 0.265 e. The lowest BCUT2D eigenvalue weighted by atomic mass is 10.1. The summed E-state index contributed by atoms with van der Waals surface area (Å²) in [7, 11) is -1.21. The molecular weight excluding hydrogens is 292 g/mol. The Morgan fingerprint density at radius 3 is 2.81 bits per heavy atom. The van der Waals surface area contributed by atoms with E-state index in [0.717, 1.165) is 12.0 Å². The highest BCUT2D eigenvalue weighted by atomic mass is 28.3. The van der Waals surface area contributed by atoms with Gasteiger partial charge >= 0.3 is 0 Å². The molecule has 0 radical (unpaired) electrons. The number of hydrogen-bond acceptors (Lipinski definition) is 3. The minimum Gasteiger partial charge on any atom is -0.383 e. The summed E-state index contributed by atoms with van der Waals surface area (Å²) in [6.45, 7) is 8.38. The summed E-state index contributed by atoms with van der Waals surface area (Å²) in [5, 5.41) is 4.23. The molecule has 1 aliphatic rings. The minimum absolute atomic E-state index is 0.0169. The van der Waals surface area contributed by atoms with Crippen molar-refractivity contribution in [1.82, 2.24) is 9.78 Å². The molecule has 1 saturated heterocycles. The van der Waals surface area contributed by atoms with Crippen LogP contribution in [0.15, 0.2) is 12.3 Å². The molecule has 1 aromatic heterocycles. The van der Waals surface area contributed by atoms with Gasteiger partial charge in [-0.15, -0.1) is 0 Å². The first kappa shape index (κ1) is 16.4. The van der Waals surface area contributed by atoms with Crippen LogP contribution in [0.4, 0.5) is 14.6 Å². The predicted molar refractivity (Wildman–Crippen MR) is 82.8 cm³/mol. The van der Waals surface area contributed by atoms with E-state index < -0.39 is 14.0 Å². The van der Waals surface area contributed by atoms with Crippen molar-refractivity contribution in [3.63, 3.8) is 0 Å². The van der Waals surface area contributed by atoms with Crippen LogP contribution in [0.3, 0.4) is 0 Å². The standard InChI is InChI=1S/C14H25F2N3OSi/c1-21(2,3)12-20-10-9-19-13(5-7-17-19)18-8-4-6-14(15,16)11-18/h5,7H,4,6,8-12H2,1-3H3. The molecule has 2 rings (SSSR count). The lowest BCUT2D eigenvalue weighted by molar-refractivity contribution is -0.0120. The van der Waals surface area contributed by atoms with Crippen LogP contribution < -0.4 is 4.90 Å². The molecule has 4 nitrogen and oxygen atoms in total. The molecule has 1 aliphatic heterocycles. The first-order valence-corrected chi connectivity index (χ1v) is 11.2. The van der Waals surface area contributed by atoms with E-state index in [9.17, 15) is 8.78 Å². The third-order valence-corrected chi connectivity index (χ3v) is 4.46.